The molecule has 0 saturated carbocycles. The maximum absolute atomic E-state index is 3.90. The molecule has 1 fully saturated rings. The smallest absolute Gasteiger partial charge is 0.142 e. The zero-order chi connectivity index (χ0) is 26.8. The van der Waals surface area contributed by atoms with Crippen molar-refractivity contribution in [3.63, 3.8) is 0 Å². The molecule has 4 nitrogen and oxygen atoms in total. The van der Waals surface area contributed by atoms with Gasteiger partial charge >= 0.3 is 0 Å². The van der Waals surface area contributed by atoms with Crippen LogP contribution in [-0.4, -0.2) is 4.57 Å². The standard InChI is InChI=1S/C36H32N4/c1-36(2)27-19-11-9-17-25(27)31-28(36)21-22-30-32(31)26-18-10-12-20-29(26)40(30)35-38-33(23-13-5-3-6-14-23)37-34(39-35)24-15-7-4-8-16-24/h3-22,33-35,37-39H,1-2H3. The molecule has 4 heteroatoms. The first-order chi connectivity index (χ1) is 19.6. The van der Waals surface area contributed by atoms with E-state index in [2.05, 4.69) is 156 Å². The van der Waals surface area contributed by atoms with Gasteiger partial charge in [-0.25, -0.2) is 0 Å². The van der Waals surface area contributed by atoms with Gasteiger partial charge in [-0.1, -0.05) is 123 Å². The van der Waals surface area contributed by atoms with Crippen molar-refractivity contribution in [1.82, 2.24) is 20.5 Å². The Kier molecular flexibility index (Phi) is 5.26. The number of fused-ring (bicyclic) bond motifs is 7. The molecule has 3 N–H and O–H groups in total. The largest absolute Gasteiger partial charge is 0.311 e. The van der Waals surface area contributed by atoms with Gasteiger partial charge < -0.3 is 4.57 Å². The van der Waals surface area contributed by atoms with Crippen molar-refractivity contribution < 1.29 is 0 Å². The molecule has 2 atom stereocenters. The van der Waals surface area contributed by atoms with Gasteiger partial charge in [-0.3, -0.25) is 16.0 Å². The van der Waals surface area contributed by atoms with Crippen LogP contribution in [-0.2, 0) is 5.41 Å². The highest BCUT2D eigenvalue weighted by atomic mass is 15.4. The van der Waals surface area contributed by atoms with Crippen LogP contribution in [0.25, 0.3) is 32.9 Å². The van der Waals surface area contributed by atoms with Gasteiger partial charge in [-0.2, -0.15) is 0 Å². The molecule has 8 rings (SSSR count). The van der Waals surface area contributed by atoms with E-state index in [9.17, 15) is 0 Å². The molecule has 0 spiro atoms. The second-order valence-electron chi connectivity index (χ2n) is 11.5. The SMILES string of the molecule is CC1(C)c2ccccc2-c2c1ccc1c2c2ccccc2n1C1NC(c2ccccc2)NC(c2ccccc2)N1. The van der Waals surface area contributed by atoms with Crippen LogP contribution in [0.1, 0.15) is 54.7 Å². The summed E-state index contributed by atoms with van der Waals surface area (Å²) in [4.78, 5) is 0. The van der Waals surface area contributed by atoms with Gasteiger partial charge in [-0.05, 0) is 45.5 Å². The van der Waals surface area contributed by atoms with Crippen molar-refractivity contribution >= 4 is 21.8 Å². The second-order valence-corrected chi connectivity index (χ2v) is 11.5. The summed E-state index contributed by atoms with van der Waals surface area (Å²) in [5.74, 6) is 0. The summed E-state index contributed by atoms with van der Waals surface area (Å²) in [5.41, 5.74) is 10.4. The fraction of sp³-hybridized carbons (Fsp3) is 0.167. The van der Waals surface area contributed by atoms with Crippen LogP contribution in [0.15, 0.2) is 121 Å². The van der Waals surface area contributed by atoms with Crippen LogP contribution < -0.4 is 16.0 Å². The van der Waals surface area contributed by atoms with Gasteiger partial charge in [0.2, 0.25) is 0 Å². The first-order valence-electron chi connectivity index (χ1n) is 14.2. The minimum absolute atomic E-state index is 0.0250. The number of hydrogen-bond acceptors (Lipinski definition) is 3. The lowest BCUT2D eigenvalue weighted by molar-refractivity contribution is 0.161. The molecule has 5 aromatic carbocycles. The molecule has 40 heavy (non-hydrogen) atoms. The number of hydrogen-bond donors (Lipinski definition) is 3. The summed E-state index contributed by atoms with van der Waals surface area (Å²) >= 11 is 0. The van der Waals surface area contributed by atoms with Crippen LogP contribution >= 0.6 is 0 Å². The fourth-order valence-corrected chi connectivity index (χ4v) is 7.01. The number of nitrogens with one attached hydrogen (secondary N) is 3. The molecule has 2 unspecified atom stereocenters. The normalized spacial score (nSPS) is 21.4. The molecule has 0 amide bonds. The van der Waals surface area contributed by atoms with Crippen LogP contribution in [0, 0.1) is 0 Å². The molecular formula is C36H32N4. The Bertz CT molecular complexity index is 1820. The molecule has 1 aliphatic heterocycles. The molecule has 1 saturated heterocycles. The van der Waals surface area contributed by atoms with Gasteiger partial charge in [0.05, 0.1) is 23.4 Å². The van der Waals surface area contributed by atoms with E-state index in [0.717, 1.165) is 0 Å². The third kappa shape index (κ3) is 3.44. The predicted octanol–water partition coefficient (Wildman–Crippen LogP) is 7.74. The molecule has 0 bridgehead atoms. The van der Waals surface area contributed by atoms with E-state index >= 15 is 0 Å². The Morgan fingerprint density at radius 2 is 1.15 bits per heavy atom. The highest BCUT2D eigenvalue weighted by Gasteiger charge is 2.38. The third-order valence-corrected chi connectivity index (χ3v) is 8.93. The Balaban J connectivity index is 1.36. The molecule has 1 aliphatic carbocycles. The number of para-hydroxylation sites is 1. The minimum Gasteiger partial charge on any atom is -0.311 e. The topological polar surface area (TPSA) is 41.0 Å². The highest BCUT2D eigenvalue weighted by molar-refractivity contribution is 6.17. The Hall–Kier alpha value is -4.22. The number of nitrogens with zero attached hydrogens (tertiary/aromatic N) is 1. The predicted molar refractivity (Wildman–Crippen MR) is 164 cm³/mol. The monoisotopic (exact) mass is 520 g/mol. The van der Waals surface area contributed by atoms with E-state index in [1.165, 1.54) is 55.2 Å². The highest BCUT2D eigenvalue weighted by Crippen LogP contribution is 2.53. The first-order valence-corrected chi connectivity index (χ1v) is 14.2. The summed E-state index contributed by atoms with van der Waals surface area (Å²) in [5, 5.41) is 14.2. The molecule has 2 aliphatic rings. The lowest BCUT2D eigenvalue weighted by Crippen LogP contribution is -2.56. The molecule has 0 radical (unpaired) electrons. The lowest BCUT2D eigenvalue weighted by atomic mass is 9.82. The zero-order valence-electron chi connectivity index (χ0n) is 22.7. The van der Waals surface area contributed by atoms with E-state index in [1.807, 2.05) is 0 Å². The van der Waals surface area contributed by atoms with Gasteiger partial charge in [0.25, 0.3) is 0 Å². The second kappa shape index (κ2) is 8.90. The number of benzene rings is 5. The van der Waals surface area contributed by atoms with Gasteiger partial charge in [-0.15, -0.1) is 0 Å². The number of rotatable bonds is 3. The summed E-state index contributed by atoms with van der Waals surface area (Å²) in [7, 11) is 0. The summed E-state index contributed by atoms with van der Waals surface area (Å²) < 4.78 is 2.46. The van der Waals surface area contributed by atoms with Crippen LogP contribution in [0.3, 0.4) is 0 Å². The van der Waals surface area contributed by atoms with Gasteiger partial charge in [0.1, 0.15) is 6.29 Å². The van der Waals surface area contributed by atoms with Crippen molar-refractivity contribution in [2.24, 2.45) is 0 Å². The summed E-state index contributed by atoms with van der Waals surface area (Å²) in [6.45, 7) is 4.71. The zero-order valence-corrected chi connectivity index (χ0v) is 22.7. The maximum atomic E-state index is 3.90. The molecule has 196 valence electrons. The van der Waals surface area contributed by atoms with E-state index in [1.54, 1.807) is 0 Å². The van der Waals surface area contributed by atoms with Crippen molar-refractivity contribution in [3.8, 4) is 11.1 Å². The van der Waals surface area contributed by atoms with Gasteiger partial charge in [0.15, 0.2) is 0 Å². The average molecular weight is 521 g/mol. The van der Waals surface area contributed by atoms with Crippen LogP contribution in [0.4, 0.5) is 0 Å². The quantitative estimate of drug-likeness (QED) is 0.224. The Morgan fingerprint density at radius 3 is 1.85 bits per heavy atom. The van der Waals surface area contributed by atoms with E-state index in [-0.39, 0.29) is 24.0 Å². The summed E-state index contributed by atoms with van der Waals surface area (Å²) in [6.07, 6.45) is -0.187. The van der Waals surface area contributed by atoms with Crippen molar-refractivity contribution in [2.75, 3.05) is 0 Å². The van der Waals surface area contributed by atoms with E-state index in [4.69, 9.17) is 0 Å². The van der Waals surface area contributed by atoms with Gasteiger partial charge in [0, 0.05) is 16.2 Å². The van der Waals surface area contributed by atoms with Crippen molar-refractivity contribution in [3.05, 3.63) is 144 Å². The first kappa shape index (κ1) is 23.6. The minimum atomic E-state index is -0.137. The lowest BCUT2D eigenvalue weighted by Gasteiger charge is -2.40. The number of aromatic nitrogens is 1. The van der Waals surface area contributed by atoms with E-state index < -0.39 is 0 Å². The maximum Gasteiger partial charge on any atom is 0.142 e. The fourth-order valence-electron chi connectivity index (χ4n) is 7.01. The Morgan fingerprint density at radius 1 is 0.550 bits per heavy atom. The third-order valence-electron chi connectivity index (χ3n) is 8.93. The van der Waals surface area contributed by atoms with Crippen molar-refractivity contribution in [2.45, 2.75) is 37.9 Å². The van der Waals surface area contributed by atoms with Crippen LogP contribution in [0.2, 0.25) is 0 Å². The average Bonchev–Trinajstić information content (AvgIpc) is 3.47. The molecule has 1 aromatic heterocycles. The summed E-state index contributed by atoms with van der Waals surface area (Å²) in [6, 6.07) is 43.8. The molecule has 6 aromatic rings. The van der Waals surface area contributed by atoms with Crippen molar-refractivity contribution in [1.29, 1.82) is 0 Å². The molecular weight excluding hydrogens is 488 g/mol. The van der Waals surface area contributed by atoms with E-state index in [0.29, 0.717) is 0 Å². The van der Waals surface area contributed by atoms with Crippen LogP contribution in [0.5, 0.6) is 0 Å². The Labute approximate surface area is 234 Å². The molecule has 2 heterocycles.